The van der Waals surface area contributed by atoms with E-state index in [0.29, 0.717) is 16.3 Å². The number of imide groups is 1. The molecule has 3 rings (SSSR count). The molecule has 1 aliphatic rings. The van der Waals surface area contributed by atoms with Crippen molar-refractivity contribution in [2.75, 3.05) is 0 Å². The van der Waals surface area contributed by atoms with Gasteiger partial charge in [0.1, 0.15) is 18.1 Å². The van der Waals surface area contributed by atoms with Crippen molar-refractivity contribution < 1.29 is 14.3 Å². The first-order valence-corrected chi connectivity index (χ1v) is 8.20. The summed E-state index contributed by atoms with van der Waals surface area (Å²) in [6, 6.07) is 12.3. The number of halogens is 2. The molecule has 0 saturated carbocycles. The summed E-state index contributed by atoms with van der Waals surface area (Å²) in [4.78, 5) is 22.9. The molecular weight excluding hydrogens is 396 g/mol. The fraction of sp³-hybridized carbons (Fsp3) is 0.0588. The molecule has 122 valence electrons. The van der Waals surface area contributed by atoms with Gasteiger partial charge in [0.2, 0.25) is 0 Å². The van der Waals surface area contributed by atoms with E-state index in [1.807, 2.05) is 24.3 Å². The van der Waals surface area contributed by atoms with Crippen molar-refractivity contribution in [1.82, 2.24) is 10.6 Å². The van der Waals surface area contributed by atoms with E-state index < -0.39 is 11.9 Å². The van der Waals surface area contributed by atoms with Gasteiger partial charge in [0.05, 0.1) is 0 Å². The number of benzene rings is 2. The summed E-state index contributed by atoms with van der Waals surface area (Å²) in [5.74, 6) is 0.0941. The zero-order valence-corrected chi connectivity index (χ0v) is 14.6. The summed E-state index contributed by atoms with van der Waals surface area (Å²) in [6.07, 6.45) is 1.56. The zero-order valence-electron chi connectivity index (χ0n) is 12.3. The Morgan fingerprint density at radius 3 is 2.62 bits per heavy atom. The van der Waals surface area contributed by atoms with Crippen LogP contribution in [0.4, 0.5) is 4.79 Å². The smallest absolute Gasteiger partial charge is 0.326 e. The zero-order chi connectivity index (χ0) is 17.1. The summed E-state index contributed by atoms with van der Waals surface area (Å²) in [6.45, 7) is 0.288. The van der Waals surface area contributed by atoms with Crippen molar-refractivity contribution >= 4 is 45.5 Å². The Balaban J connectivity index is 1.86. The normalized spacial score (nSPS) is 15.3. The summed E-state index contributed by atoms with van der Waals surface area (Å²) >= 11 is 9.51. The third kappa shape index (κ3) is 3.77. The van der Waals surface area contributed by atoms with Crippen LogP contribution in [0.15, 0.2) is 52.6 Å². The van der Waals surface area contributed by atoms with Crippen molar-refractivity contribution in [2.45, 2.75) is 6.61 Å². The molecule has 3 amide bonds. The Morgan fingerprint density at radius 1 is 1.12 bits per heavy atom. The summed E-state index contributed by atoms with van der Waals surface area (Å²) in [5.41, 5.74) is 1.68. The van der Waals surface area contributed by atoms with Crippen molar-refractivity contribution in [1.29, 1.82) is 0 Å². The van der Waals surface area contributed by atoms with Crippen LogP contribution in [-0.2, 0) is 11.4 Å². The average Bonchev–Trinajstić information content (AvgIpc) is 2.85. The minimum atomic E-state index is -0.542. The van der Waals surface area contributed by atoms with E-state index >= 15 is 0 Å². The number of carbonyl (C=O) groups excluding carboxylic acids is 2. The molecule has 7 heteroatoms. The topological polar surface area (TPSA) is 67.4 Å². The Kier molecular flexibility index (Phi) is 4.87. The molecule has 2 aromatic rings. The van der Waals surface area contributed by atoms with E-state index in [9.17, 15) is 9.59 Å². The Hall–Kier alpha value is -2.31. The second kappa shape index (κ2) is 7.07. The molecule has 0 aromatic heterocycles. The third-order valence-corrected chi connectivity index (χ3v) is 4.19. The molecule has 0 atom stereocenters. The van der Waals surface area contributed by atoms with Gasteiger partial charge in [-0.1, -0.05) is 45.7 Å². The largest absolute Gasteiger partial charge is 0.488 e. The summed E-state index contributed by atoms with van der Waals surface area (Å²) in [5, 5.41) is 5.23. The van der Waals surface area contributed by atoms with Crippen LogP contribution in [0.5, 0.6) is 5.75 Å². The monoisotopic (exact) mass is 406 g/mol. The van der Waals surface area contributed by atoms with E-state index in [1.165, 1.54) is 0 Å². The van der Waals surface area contributed by atoms with Crippen molar-refractivity contribution in [3.63, 3.8) is 0 Å². The van der Waals surface area contributed by atoms with Crippen LogP contribution in [0, 0.1) is 0 Å². The fourth-order valence-electron chi connectivity index (χ4n) is 2.17. The predicted molar refractivity (Wildman–Crippen MR) is 94.6 cm³/mol. The molecule has 0 spiro atoms. The molecule has 0 unspecified atom stereocenters. The van der Waals surface area contributed by atoms with Gasteiger partial charge in [-0.25, -0.2) is 4.79 Å². The number of carbonyl (C=O) groups is 2. The Bertz CT molecular complexity index is 851. The van der Waals surface area contributed by atoms with Crippen LogP contribution in [0.2, 0.25) is 5.02 Å². The molecular formula is C17H12BrClN2O3. The molecule has 2 aromatic carbocycles. The van der Waals surface area contributed by atoms with Crippen molar-refractivity contribution in [3.8, 4) is 5.75 Å². The highest BCUT2D eigenvalue weighted by molar-refractivity contribution is 9.10. The van der Waals surface area contributed by atoms with Crippen molar-refractivity contribution in [3.05, 3.63) is 68.8 Å². The minimum Gasteiger partial charge on any atom is -0.488 e. The van der Waals surface area contributed by atoms with Crippen LogP contribution in [0.1, 0.15) is 11.1 Å². The van der Waals surface area contributed by atoms with E-state index in [0.717, 1.165) is 10.0 Å². The van der Waals surface area contributed by atoms with Crippen LogP contribution in [0.3, 0.4) is 0 Å². The minimum absolute atomic E-state index is 0.167. The maximum absolute atomic E-state index is 11.7. The maximum atomic E-state index is 11.7. The number of hydrogen-bond donors (Lipinski definition) is 2. The van der Waals surface area contributed by atoms with Gasteiger partial charge in [0.25, 0.3) is 5.91 Å². The Labute approximate surface area is 151 Å². The van der Waals surface area contributed by atoms with Gasteiger partial charge in [-0.3, -0.25) is 10.1 Å². The van der Waals surface area contributed by atoms with Gasteiger partial charge >= 0.3 is 6.03 Å². The molecule has 5 nitrogen and oxygen atoms in total. The summed E-state index contributed by atoms with van der Waals surface area (Å²) in [7, 11) is 0. The van der Waals surface area contributed by atoms with Gasteiger partial charge in [-0.05, 0) is 30.3 Å². The number of nitrogens with one attached hydrogen (secondary N) is 2. The fourth-order valence-corrected chi connectivity index (χ4v) is 2.74. The average molecular weight is 408 g/mol. The van der Waals surface area contributed by atoms with E-state index in [-0.39, 0.29) is 12.3 Å². The molecule has 1 saturated heterocycles. The lowest BCUT2D eigenvalue weighted by Gasteiger charge is -2.11. The number of hydrogen-bond acceptors (Lipinski definition) is 3. The van der Waals surface area contributed by atoms with Crippen molar-refractivity contribution in [2.24, 2.45) is 0 Å². The first-order chi connectivity index (χ1) is 11.5. The van der Waals surface area contributed by atoms with E-state index in [1.54, 1.807) is 24.3 Å². The second-order valence-corrected chi connectivity index (χ2v) is 6.35. The van der Waals surface area contributed by atoms with Crippen LogP contribution in [-0.4, -0.2) is 11.9 Å². The molecule has 1 fully saturated rings. The lowest BCUT2D eigenvalue weighted by Crippen LogP contribution is -2.22. The molecule has 0 aliphatic carbocycles. The third-order valence-electron chi connectivity index (χ3n) is 3.33. The van der Waals surface area contributed by atoms with Gasteiger partial charge in [-0.2, -0.15) is 0 Å². The van der Waals surface area contributed by atoms with E-state index in [2.05, 4.69) is 26.6 Å². The molecule has 0 bridgehead atoms. The molecule has 0 radical (unpaired) electrons. The standard InChI is InChI=1S/C17H12BrClN2O3/c18-12-5-6-15(24-9-10-3-1-2-4-13(10)19)11(7-12)8-14-16(22)21-17(23)20-14/h1-8H,9H2,(H2,20,21,22,23). The van der Waals surface area contributed by atoms with Crippen LogP contribution < -0.4 is 15.4 Å². The highest BCUT2D eigenvalue weighted by Crippen LogP contribution is 2.27. The quantitative estimate of drug-likeness (QED) is 0.597. The maximum Gasteiger partial charge on any atom is 0.326 e. The molecule has 1 heterocycles. The molecule has 2 N–H and O–H groups in total. The van der Waals surface area contributed by atoms with Gasteiger partial charge < -0.3 is 10.1 Å². The van der Waals surface area contributed by atoms with Crippen LogP contribution in [0.25, 0.3) is 6.08 Å². The highest BCUT2D eigenvalue weighted by Gasteiger charge is 2.23. The molecule has 24 heavy (non-hydrogen) atoms. The SMILES string of the molecule is O=C1NC(=O)C(=Cc2cc(Br)ccc2OCc2ccccc2Cl)N1. The number of amides is 3. The van der Waals surface area contributed by atoms with Gasteiger partial charge in [0.15, 0.2) is 0 Å². The second-order valence-electron chi connectivity index (χ2n) is 5.03. The lowest BCUT2D eigenvalue weighted by atomic mass is 10.1. The first kappa shape index (κ1) is 16.5. The lowest BCUT2D eigenvalue weighted by molar-refractivity contribution is -0.115. The summed E-state index contributed by atoms with van der Waals surface area (Å²) < 4.78 is 6.66. The van der Waals surface area contributed by atoms with E-state index in [4.69, 9.17) is 16.3 Å². The van der Waals surface area contributed by atoms with Gasteiger partial charge in [-0.15, -0.1) is 0 Å². The number of ether oxygens (including phenoxy) is 1. The molecule has 1 aliphatic heterocycles. The number of rotatable bonds is 4. The van der Waals surface area contributed by atoms with Gasteiger partial charge in [0, 0.05) is 20.6 Å². The number of urea groups is 1. The highest BCUT2D eigenvalue weighted by atomic mass is 79.9. The Morgan fingerprint density at radius 2 is 1.92 bits per heavy atom. The first-order valence-electron chi connectivity index (χ1n) is 7.03. The van der Waals surface area contributed by atoms with Crippen LogP contribution >= 0.6 is 27.5 Å². The predicted octanol–water partition coefficient (Wildman–Crippen LogP) is 3.86.